The van der Waals surface area contributed by atoms with Gasteiger partial charge in [0.05, 0.1) is 6.61 Å². The van der Waals surface area contributed by atoms with Crippen LogP contribution in [0.15, 0.2) is 5.38 Å². The van der Waals surface area contributed by atoms with E-state index >= 15 is 0 Å². The highest BCUT2D eigenvalue weighted by Crippen LogP contribution is 2.67. The zero-order valence-electron chi connectivity index (χ0n) is 13.1. The summed E-state index contributed by atoms with van der Waals surface area (Å²) in [5.41, 5.74) is 0.746. The molecular weight excluding hydrogens is 288 g/mol. The van der Waals surface area contributed by atoms with Crippen LogP contribution in [0.4, 0.5) is 0 Å². The van der Waals surface area contributed by atoms with Crippen molar-refractivity contribution >= 4 is 23.2 Å². The predicted octanol–water partition coefficient (Wildman–Crippen LogP) is 2.73. The summed E-state index contributed by atoms with van der Waals surface area (Å²) < 4.78 is 4.86. The molecule has 1 aliphatic carbocycles. The lowest BCUT2D eigenvalue weighted by atomic mass is 10.0. The van der Waals surface area contributed by atoms with Gasteiger partial charge in [-0.1, -0.05) is 27.7 Å². The summed E-state index contributed by atoms with van der Waals surface area (Å²) in [7, 11) is 0. The molecule has 5 nitrogen and oxygen atoms in total. The van der Waals surface area contributed by atoms with Gasteiger partial charge in [0.1, 0.15) is 5.69 Å². The fraction of sp³-hybridized carbons (Fsp3) is 0.667. The van der Waals surface area contributed by atoms with Crippen LogP contribution in [0.25, 0.3) is 0 Å². The molecule has 6 heteroatoms. The number of carbonyl (C=O) groups is 2. The molecule has 1 aliphatic rings. The molecule has 0 aliphatic heterocycles. The van der Waals surface area contributed by atoms with Gasteiger partial charge in [-0.3, -0.25) is 4.79 Å². The maximum atomic E-state index is 12.1. The topological polar surface area (TPSA) is 68.3 Å². The van der Waals surface area contributed by atoms with Crippen molar-refractivity contribution in [2.24, 2.45) is 16.7 Å². The molecule has 0 saturated heterocycles. The molecule has 1 N–H and O–H groups in total. The van der Waals surface area contributed by atoms with Gasteiger partial charge in [-0.2, -0.15) is 0 Å². The first-order chi connectivity index (χ1) is 9.71. The Morgan fingerprint density at radius 3 is 2.48 bits per heavy atom. The maximum absolute atomic E-state index is 12.1. The Kier molecular flexibility index (Phi) is 4.10. The van der Waals surface area contributed by atoms with Gasteiger partial charge in [-0.05, 0) is 23.7 Å². The van der Waals surface area contributed by atoms with Crippen LogP contribution in [0, 0.1) is 16.7 Å². The molecule has 0 atom stereocenters. The van der Waals surface area contributed by atoms with E-state index in [4.69, 9.17) is 4.74 Å². The highest BCUT2D eigenvalue weighted by atomic mass is 32.1. The van der Waals surface area contributed by atoms with E-state index < -0.39 is 5.97 Å². The van der Waals surface area contributed by atoms with Crippen LogP contribution < -0.4 is 5.32 Å². The number of hydrogen-bond donors (Lipinski definition) is 1. The van der Waals surface area contributed by atoms with Crippen molar-refractivity contribution in [1.29, 1.82) is 0 Å². The molecular formula is C15H22N2O3S. The van der Waals surface area contributed by atoms with E-state index in [-0.39, 0.29) is 27.4 Å². The van der Waals surface area contributed by atoms with Crippen molar-refractivity contribution in [2.45, 2.75) is 34.6 Å². The van der Waals surface area contributed by atoms with Crippen LogP contribution in [0.3, 0.4) is 0 Å². The zero-order valence-corrected chi connectivity index (χ0v) is 14.0. The Morgan fingerprint density at radius 1 is 1.33 bits per heavy atom. The molecule has 0 unspecified atom stereocenters. The molecule has 0 bridgehead atoms. The van der Waals surface area contributed by atoms with E-state index in [1.54, 1.807) is 12.3 Å². The lowest BCUT2D eigenvalue weighted by molar-refractivity contribution is 0.0526. The number of rotatable bonds is 5. The molecule has 116 valence electrons. The van der Waals surface area contributed by atoms with Crippen molar-refractivity contribution in [3.63, 3.8) is 0 Å². The van der Waals surface area contributed by atoms with Gasteiger partial charge in [0.2, 0.25) is 5.01 Å². The molecule has 2 rings (SSSR count). The van der Waals surface area contributed by atoms with Crippen LogP contribution in [0.1, 0.15) is 54.9 Å². The highest BCUT2D eigenvalue weighted by molar-refractivity contribution is 7.11. The Labute approximate surface area is 129 Å². The summed E-state index contributed by atoms with van der Waals surface area (Å²) in [6.45, 7) is 11.5. The van der Waals surface area contributed by atoms with Crippen LogP contribution in [-0.2, 0) is 4.74 Å². The third kappa shape index (κ3) is 2.81. The monoisotopic (exact) mass is 310 g/mol. The first-order valence-electron chi connectivity index (χ1n) is 7.12. The van der Waals surface area contributed by atoms with E-state index in [0.29, 0.717) is 19.1 Å². The Balaban J connectivity index is 1.92. The lowest BCUT2D eigenvalue weighted by Gasteiger charge is -2.04. The number of nitrogens with zero attached hydrogens (tertiary/aromatic N) is 1. The van der Waals surface area contributed by atoms with Crippen LogP contribution in [0.2, 0.25) is 0 Å². The summed E-state index contributed by atoms with van der Waals surface area (Å²) in [6, 6.07) is 0. The van der Waals surface area contributed by atoms with Gasteiger partial charge in [0.15, 0.2) is 0 Å². The third-order valence-corrected chi connectivity index (χ3v) is 5.80. The fourth-order valence-corrected chi connectivity index (χ4v) is 3.48. The first-order valence-corrected chi connectivity index (χ1v) is 8.00. The number of thiazole rings is 1. The Hall–Kier alpha value is -1.43. The molecule has 1 saturated carbocycles. The summed E-state index contributed by atoms with van der Waals surface area (Å²) in [6.07, 6.45) is 0. The van der Waals surface area contributed by atoms with Crippen molar-refractivity contribution < 1.29 is 14.3 Å². The summed E-state index contributed by atoms with van der Waals surface area (Å²) in [4.78, 5) is 27.6. The van der Waals surface area contributed by atoms with E-state index in [1.165, 1.54) is 0 Å². The number of hydrogen-bond acceptors (Lipinski definition) is 5. The molecule has 1 aromatic heterocycles. The van der Waals surface area contributed by atoms with Crippen LogP contribution >= 0.6 is 11.3 Å². The van der Waals surface area contributed by atoms with E-state index in [1.807, 2.05) is 0 Å². The standard InChI is InChI=1S/C15H22N2O3S/c1-6-20-13(19)12-17-9(8-21-12)11(18)16-7-10-14(2,3)15(10,4)5/h8,10H,6-7H2,1-5H3,(H,16,18). The number of amides is 1. The van der Waals surface area contributed by atoms with E-state index in [9.17, 15) is 9.59 Å². The summed E-state index contributed by atoms with van der Waals surface area (Å²) >= 11 is 1.13. The van der Waals surface area contributed by atoms with E-state index in [0.717, 1.165) is 11.3 Å². The van der Waals surface area contributed by atoms with Crippen molar-refractivity contribution in [3.8, 4) is 0 Å². The molecule has 1 fully saturated rings. The third-order valence-electron chi connectivity index (χ3n) is 4.97. The van der Waals surface area contributed by atoms with Crippen LogP contribution in [-0.4, -0.2) is 30.0 Å². The van der Waals surface area contributed by atoms with Gasteiger partial charge in [-0.25, -0.2) is 9.78 Å². The van der Waals surface area contributed by atoms with Gasteiger partial charge in [-0.15, -0.1) is 11.3 Å². The SMILES string of the molecule is CCOC(=O)c1nc(C(=O)NCC2C(C)(C)C2(C)C)cs1. The molecule has 1 amide bonds. The fourth-order valence-electron chi connectivity index (χ4n) is 2.79. The molecule has 1 aromatic rings. The predicted molar refractivity (Wildman–Crippen MR) is 81.5 cm³/mol. The summed E-state index contributed by atoms with van der Waals surface area (Å²) in [5.74, 6) is -0.261. The minimum Gasteiger partial charge on any atom is -0.461 e. The van der Waals surface area contributed by atoms with Gasteiger partial charge >= 0.3 is 5.97 Å². The second-order valence-electron chi connectivity index (χ2n) is 6.46. The van der Waals surface area contributed by atoms with Gasteiger partial charge < -0.3 is 10.1 Å². The Bertz CT molecular complexity index is 549. The number of carbonyl (C=O) groups excluding carboxylic acids is 2. The second-order valence-corrected chi connectivity index (χ2v) is 7.32. The molecule has 1 heterocycles. The minimum absolute atomic E-state index is 0.217. The average molecular weight is 310 g/mol. The molecule has 21 heavy (non-hydrogen) atoms. The van der Waals surface area contributed by atoms with Crippen molar-refractivity contribution in [1.82, 2.24) is 10.3 Å². The molecule has 0 radical (unpaired) electrons. The highest BCUT2D eigenvalue weighted by Gasteiger charge is 2.64. The van der Waals surface area contributed by atoms with Gasteiger partial charge in [0.25, 0.3) is 5.91 Å². The number of ether oxygens (including phenoxy) is 1. The first kappa shape index (κ1) is 15.9. The Morgan fingerprint density at radius 2 is 1.95 bits per heavy atom. The minimum atomic E-state index is -0.481. The zero-order chi connectivity index (χ0) is 15.8. The van der Waals surface area contributed by atoms with Crippen molar-refractivity contribution in [2.75, 3.05) is 13.2 Å². The number of nitrogens with one attached hydrogen (secondary N) is 1. The number of esters is 1. The number of aromatic nitrogens is 1. The van der Waals surface area contributed by atoms with Crippen LogP contribution in [0.5, 0.6) is 0 Å². The second kappa shape index (κ2) is 5.40. The largest absolute Gasteiger partial charge is 0.461 e. The maximum Gasteiger partial charge on any atom is 0.367 e. The molecule has 0 aromatic carbocycles. The quantitative estimate of drug-likeness (QED) is 0.849. The van der Waals surface area contributed by atoms with Gasteiger partial charge in [0, 0.05) is 11.9 Å². The summed E-state index contributed by atoms with van der Waals surface area (Å²) in [5, 5.41) is 4.71. The molecule has 0 spiro atoms. The smallest absolute Gasteiger partial charge is 0.367 e. The van der Waals surface area contributed by atoms with Crippen molar-refractivity contribution in [3.05, 3.63) is 16.1 Å². The normalized spacial score (nSPS) is 19.1. The lowest BCUT2D eigenvalue weighted by Crippen LogP contribution is -2.27. The average Bonchev–Trinajstić information content (AvgIpc) is 2.78. The van der Waals surface area contributed by atoms with E-state index in [2.05, 4.69) is 38.0 Å².